The number of furan rings is 1. The van der Waals surface area contributed by atoms with Gasteiger partial charge in [-0.3, -0.25) is 4.79 Å². The van der Waals surface area contributed by atoms with E-state index in [-0.39, 0.29) is 0 Å². The van der Waals surface area contributed by atoms with E-state index in [1.807, 2.05) is 19.1 Å². The number of carboxylic acid groups (broad SMARTS) is 1. The average Bonchev–Trinajstić information content (AvgIpc) is 3.05. The summed E-state index contributed by atoms with van der Waals surface area (Å²) in [6.07, 6.45) is 1.38. The van der Waals surface area contributed by atoms with Gasteiger partial charge in [-0.1, -0.05) is 0 Å². The third-order valence-electron chi connectivity index (χ3n) is 3.64. The number of carbonyl (C=O) groups is 1. The molecule has 94 valence electrons. The molecule has 0 bridgehead atoms. The molecule has 0 atom stereocenters. The van der Waals surface area contributed by atoms with Crippen molar-refractivity contribution < 1.29 is 19.1 Å². The number of fused-ring (bicyclic) bond motifs is 1. The maximum atomic E-state index is 11.4. The average molecular weight is 246 g/mol. The van der Waals surface area contributed by atoms with Gasteiger partial charge in [0.1, 0.15) is 5.76 Å². The standard InChI is InChI=1S/C14H14O4/c1-8-5-9-6-10(14(3-4-14)13(15)16)7-11(17-2)12(9)18-8/h5-7H,3-4H2,1-2H3,(H,15,16). The van der Waals surface area contributed by atoms with Crippen molar-refractivity contribution in [1.82, 2.24) is 0 Å². The van der Waals surface area contributed by atoms with Gasteiger partial charge in [-0.25, -0.2) is 0 Å². The Kier molecular flexibility index (Phi) is 2.17. The van der Waals surface area contributed by atoms with Crippen molar-refractivity contribution in [3.05, 3.63) is 29.5 Å². The van der Waals surface area contributed by atoms with E-state index in [0.29, 0.717) is 24.2 Å². The van der Waals surface area contributed by atoms with Crippen LogP contribution in [-0.2, 0) is 10.2 Å². The summed E-state index contributed by atoms with van der Waals surface area (Å²) < 4.78 is 10.9. The summed E-state index contributed by atoms with van der Waals surface area (Å²) in [5.41, 5.74) is 0.771. The molecular weight excluding hydrogens is 232 g/mol. The predicted molar refractivity (Wildman–Crippen MR) is 66.1 cm³/mol. The molecule has 1 saturated carbocycles. The lowest BCUT2D eigenvalue weighted by Gasteiger charge is -2.12. The van der Waals surface area contributed by atoms with Crippen molar-refractivity contribution in [3.63, 3.8) is 0 Å². The number of hydrogen-bond donors (Lipinski definition) is 1. The van der Waals surface area contributed by atoms with Crippen LogP contribution in [0.1, 0.15) is 24.2 Å². The highest BCUT2D eigenvalue weighted by molar-refractivity contribution is 5.90. The van der Waals surface area contributed by atoms with Crippen LogP contribution in [-0.4, -0.2) is 18.2 Å². The van der Waals surface area contributed by atoms with Crippen LogP contribution in [0.4, 0.5) is 0 Å². The van der Waals surface area contributed by atoms with Gasteiger partial charge in [0, 0.05) is 5.39 Å². The smallest absolute Gasteiger partial charge is 0.314 e. The predicted octanol–water partition coefficient (Wildman–Crippen LogP) is 2.87. The van der Waals surface area contributed by atoms with E-state index in [1.54, 1.807) is 13.2 Å². The summed E-state index contributed by atoms with van der Waals surface area (Å²) in [6.45, 7) is 1.86. The summed E-state index contributed by atoms with van der Waals surface area (Å²) in [5.74, 6) is 0.632. The fourth-order valence-electron chi connectivity index (χ4n) is 2.43. The van der Waals surface area contributed by atoms with E-state index in [9.17, 15) is 9.90 Å². The van der Waals surface area contributed by atoms with Gasteiger partial charge in [-0.2, -0.15) is 0 Å². The molecule has 4 nitrogen and oxygen atoms in total. The molecule has 1 aliphatic rings. The van der Waals surface area contributed by atoms with E-state index in [2.05, 4.69) is 0 Å². The lowest BCUT2D eigenvalue weighted by atomic mass is 9.95. The Hall–Kier alpha value is -1.97. The highest BCUT2D eigenvalue weighted by Crippen LogP contribution is 2.50. The van der Waals surface area contributed by atoms with E-state index in [1.165, 1.54) is 0 Å². The number of methoxy groups -OCH3 is 1. The highest BCUT2D eigenvalue weighted by Gasteiger charge is 2.52. The van der Waals surface area contributed by atoms with Crippen LogP contribution in [0.25, 0.3) is 11.0 Å². The summed E-state index contributed by atoms with van der Waals surface area (Å²) in [5, 5.41) is 10.2. The summed E-state index contributed by atoms with van der Waals surface area (Å²) in [4.78, 5) is 11.4. The van der Waals surface area contributed by atoms with Crippen LogP contribution >= 0.6 is 0 Å². The number of aryl methyl sites for hydroxylation is 1. The molecule has 1 aliphatic carbocycles. The molecular formula is C14H14O4. The Bertz CT molecular complexity index is 635. The van der Waals surface area contributed by atoms with Crippen LogP contribution < -0.4 is 4.74 Å². The highest BCUT2D eigenvalue weighted by atomic mass is 16.5. The van der Waals surface area contributed by atoms with E-state index < -0.39 is 11.4 Å². The molecule has 0 unspecified atom stereocenters. The maximum absolute atomic E-state index is 11.4. The molecule has 18 heavy (non-hydrogen) atoms. The van der Waals surface area contributed by atoms with Crippen molar-refractivity contribution in [2.45, 2.75) is 25.2 Å². The van der Waals surface area contributed by atoms with E-state index in [0.717, 1.165) is 16.7 Å². The quantitative estimate of drug-likeness (QED) is 0.904. The first kappa shape index (κ1) is 11.1. The molecule has 3 rings (SSSR count). The molecule has 4 heteroatoms. The topological polar surface area (TPSA) is 59.7 Å². The van der Waals surface area contributed by atoms with Crippen molar-refractivity contribution in [2.75, 3.05) is 7.11 Å². The van der Waals surface area contributed by atoms with Crippen LogP contribution in [0.3, 0.4) is 0 Å². The molecule has 0 aliphatic heterocycles. The number of carboxylic acids is 1. The minimum absolute atomic E-state index is 0.600. The normalized spacial score (nSPS) is 16.8. The van der Waals surface area contributed by atoms with Gasteiger partial charge < -0.3 is 14.3 Å². The minimum atomic E-state index is -0.760. The first-order chi connectivity index (χ1) is 8.56. The fraction of sp³-hybridized carbons (Fsp3) is 0.357. The van der Waals surface area contributed by atoms with Crippen molar-refractivity contribution in [3.8, 4) is 5.75 Å². The fourth-order valence-corrected chi connectivity index (χ4v) is 2.43. The van der Waals surface area contributed by atoms with Crippen LogP contribution in [0.2, 0.25) is 0 Å². The van der Waals surface area contributed by atoms with Gasteiger partial charge in [0.2, 0.25) is 0 Å². The molecule has 0 spiro atoms. The number of rotatable bonds is 3. The Balaban J connectivity index is 2.23. The van der Waals surface area contributed by atoms with Gasteiger partial charge in [0.15, 0.2) is 11.3 Å². The molecule has 1 aromatic carbocycles. The maximum Gasteiger partial charge on any atom is 0.314 e. The van der Waals surface area contributed by atoms with Crippen molar-refractivity contribution in [1.29, 1.82) is 0 Å². The van der Waals surface area contributed by atoms with E-state index >= 15 is 0 Å². The third-order valence-corrected chi connectivity index (χ3v) is 3.64. The first-order valence-corrected chi connectivity index (χ1v) is 5.89. The Morgan fingerprint density at radius 1 is 1.39 bits per heavy atom. The van der Waals surface area contributed by atoms with Gasteiger partial charge in [-0.15, -0.1) is 0 Å². The Morgan fingerprint density at radius 2 is 2.11 bits per heavy atom. The molecule has 0 radical (unpaired) electrons. The number of ether oxygens (including phenoxy) is 1. The summed E-state index contributed by atoms with van der Waals surface area (Å²) in [6, 6.07) is 5.58. The van der Waals surface area contributed by atoms with Crippen molar-refractivity contribution >= 4 is 16.9 Å². The van der Waals surface area contributed by atoms with Crippen LogP contribution in [0, 0.1) is 6.92 Å². The molecule has 1 aromatic heterocycles. The van der Waals surface area contributed by atoms with Crippen LogP contribution in [0.5, 0.6) is 5.75 Å². The summed E-state index contributed by atoms with van der Waals surface area (Å²) >= 11 is 0. The third kappa shape index (κ3) is 1.41. The second-order valence-corrected chi connectivity index (χ2v) is 4.84. The van der Waals surface area contributed by atoms with Crippen LogP contribution in [0.15, 0.2) is 22.6 Å². The molecule has 0 amide bonds. The van der Waals surface area contributed by atoms with E-state index in [4.69, 9.17) is 9.15 Å². The summed E-state index contributed by atoms with van der Waals surface area (Å²) in [7, 11) is 1.57. The molecule has 1 fully saturated rings. The Morgan fingerprint density at radius 3 is 2.67 bits per heavy atom. The van der Waals surface area contributed by atoms with Crippen molar-refractivity contribution in [2.24, 2.45) is 0 Å². The van der Waals surface area contributed by atoms with Gasteiger partial charge in [0.05, 0.1) is 12.5 Å². The monoisotopic (exact) mass is 246 g/mol. The first-order valence-electron chi connectivity index (χ1n) is 5.89. The van der Waals surface area contributed by atoms with Gasteiger partial charge >= 0.3 is 5.97 Å². The zero-order valence-corrected chi connectivity index (χ0v) is 10.3. The zero-order valence-electron chi connectivity index (χ0n) is 10.3. The molecule has 2 aromatic rings. The van der Waals surface area contributed by atoms with Gasteiger partial charge in [-0.05, 0) is 43.5 Å². The minimum Gasteiger partial charge on any atom is -0.493 e. The molecule has 0 saturated heterocycles. The number of benzene rings is 1. The lowest BCUT2D eigenvalue weighted by molar-refractivity contribution is -0.140. The number of hydrogen-bond acceptors (Lipinski definition) is 3. The second-order valence-electron chi connectivity index (χ2n) is 4.84. The number of aliphatic carboxylic acids is 1. The lowest BCUT2D eigenvalue weighted by Crippen LogP contribution is -2.19. The SMILES string of the molecule is COc1cc(C2(C(=O)O)CC2)cc2cc(C)oc12. The largest absolute Gasteiger partial charge is 0.493 e. The Labute approximate surface area is 104 Å². The second kappa shape index (κ2) is 3.51. The zero-order chi connectivity index (χ0) is 12.9. The van der Waals surface area contributed by atoms with Gasteiger partial charge in [0.25, 0.3) is 0 Å². The molecule has 1 N–H and O–H groups in total. The molecule has 1 heterocycles.